The van der Waals surface area contributed by atoms with Gasteiger partial charge >= 0.3 is 0 Å². The van der Waals surface area contributed by atoms with Crippen molar-refractivity contribution in [3.05, 3.63) is 16.7 Å². The molecule has 0 amide bonds. The van der Waals surface area contributed by atoms with Crippen LogP contribution >= 0.6 is 11.3 Å². The summed E-state index contributed by atoms with van der Waals surface area (Å²) in [5.41, 5.74) is 0. The van der Waals surface area contributed by atoms with Crippen LogP contribution in [0.15, 0.2) is 4.52 Å². The molecule has 6 nitrogen and oxygen atoms in total. The molecule has 2 aromatic heterocycles. The largest absolute Gasteiger partial charge is 0.342 e. The van der Waals surface area contributed by atoms with E-state index in [1.54, 1.807) is 18.3 Å². The molecular formula is C10H15N5OS. The van der Waals surface area contributed by atoms with Crippen LogP contribution in [0.4, 0.5) is 5.13 Å². The SMILES string of the molecule is CCCc1nnc(N(C)Cc2noc(C)n2)s1. The van der Waals surface area contributed by atoms with Crippen molar-refractivity contribution in [2.75, 3.05) is 11.9 Å². The second-order valence-corrected chi connectivity index (χ2v) is 4.85. The lowest BCUT2D eigenvalue weighted by Crippen LogP contribution is -2.17. The normalized spacial score (nSPS) is 10.8. The Hall–Kier alpha value is -1.50. The molecule has 2 rings (SSSR count). The predicted octanol–water partition coefficient (Wildman–Crippen LogP) is 1.82. The Morgan fingerprint density at radius 1 is 1.35 bits per heavy atom. The molecule has 17 heavy (non-hydrogen) atoms. The van der Waals surface area contributed by atoms with Crippen LogP contribution in [0.2, 0.25) is 0 Å². The van der Waals surface area contributed by atoms with Crippen LogP contribution in [-0.2, 0) is 13.0 Å². The summed E-state index contributed by atoms with van der Waals surface area (Å²) >= 11 is 1.61. The van der Waals surface area contributed by atoms with Crippen molar-refractivity contribution in [2.45, 2.75) is 33.2 Å². The fourth-order valence-electron chi connectivity index (χ4n) is 1.40. The van der Waals surface area contributed by atoms with Crippen LogP contribution in [0.5, 0.6) is 0 Å². The standard InChI is InChI=1S/C10H15N5OS/c1-4-5-9-12-13-10(17-9)15(3)6-8-11-7(2)16-14-8/h4-6H2,1-3H3. The van der Waals surface area contributed by atoms with E-state index in [1.807, 2.05) is 11.9 Å². The second-order valence-electron chi connectivity index (χ2n) is 3.81. The number of aromatic nitrogens is 4. The lowest BCUT2D eigenvalue weighted by atomic mass is 10.4. The molecule has 0 bridgehead atoms. The first-order valence-corrected chi connectivity index (χ1v) is 6.33. The van der Waals surface area contributed by atoms with Crippen LogP contribution in [-0.4, -0.2) is 27.4 Å². The van der Waals surface area contributed by atoms with Crippen LogP contribution in [0.3, 0.4) is 0 Å². The van der Waals surface area contributed by atoms with Crippen molar-refractivity contribution in [1.82, 2.24) is 20.3 Å². The monoisotopic (exact) mass is 253 g/mol. The molecule has 0 N–H and O–H groups in total. The van der Waals surface area contributed by atoms with Gasteiger partial charge < -0.3 is 9.42 Å². The van der Waals surface area contributed by atoms with E-state index in [4.69, 9.17) is 4.52 Å². The average Bonchev–Trinajstić information content (AvgIpc) is 2.88. The lowest BCUT2D eigenvalue weighted by molar-refractivity contribution is 0.387. The first-order chi connectivity index (χ1) is 8.19. The Labute approximate surface area is 104 Å². The molecule has 0 aliphatic heterocycles. The van der Waals surface area contributed by atoms with Crippen molar-refractivity contribution in [3.63, 3.8) is 0 Å². The molecule has 0 fully saturated rings. The van der Waals surface area contributed by atoms with Gasteiger partial charge in [0, 0.05) is 20.4 Å². The number of hydrogen-bond acceptors (Lipinski definition) is 7. The molecule has 0 saturated carbocycles. The van der Waals surface area contributed by atoms with Gasteiger partial charge in [-0.2, -0.15) is 4.98 Å². The van der Waals surface area contributed by atoms with E-state index in [0.29, 0.717) is 18.3 Å². The van der Waals surface area contributed by atoms with E-state index in [2.05, 4.69) is 27.3 Å². The van der Waals surface area contributed by atoms with Gasteiger partial charge in [-0.3, -0.25) is 0 Å². The molecule has 0 spiro atoms. The highest BCUT2D eigenvalue weighted by Gasteiger charge is 2.11. The topological polar surface area (TPSA) is 67.9 Å². The Morgan fingerprint density at radius 2 is 2.18 bits per heavy atom. The minimum Gasteiger partial charge on any atom is -0.342 e. The van der Waals surface area contributed by atoms with E-state index in [9.17, 15) is 0 Å². The summed E-state index contributed by atoms with van der Waals surface area (Å²) in [6.45, 7) is 4.49. The Bertz CT molecular complexity index is 481. The maximum Gasteiger partial charge on any atom is 0.223 e. The molecular weight excluding hydrogens is 238 g/mol. The van der Waals surface area contributed by atoms with Gasteiger partial charge in [-0.25, -0.2) is 0 Å². The van der Waals surface area contributed by atoms with Crippen LogP contribution < -0.4 is 4.90 Å². The number of nitrogens with zero attached hydrogens (tertiary/aromatic N) is 5. The zero-order chi connectivity index (χ0) is 12.3. The molecule has 0 saturated heterocycles. The number of rotatable bonds is 5. The van der Waals surface area contributed by atoms with E-state index >= 15 is 0 Å². The van der Waals surface area contributed by atoms with Crippen molar-refractivity contribution in [2.24, 2.45) is 0 Å². The van der Waals surface area contributed by atoms with Crippen molar-refractivity contribution < 1.29 is 4.52 Å². The summed E-state index contributed by atoms with van der Waals surface area (Å²) in [4.78, 5) is 6.13. The van der Waals surface area contributed by atoms with Crippen LogP contribution in [0.25, 0.3) is 0 Å². The smallest absolute Gasteiger partial charge is 0.223 e. The molecule has 0 radical (unpaired) electrons. The molecule has 7 heteroatoms. The summed E-state index contributed by atoms with van der Waals surface area (Å²) in [6.07, 6.45) is 2.06. The molecule has 0 atom stereocenters. The third kappa shape index (κ3) is 3.00. The average molecular weight is 253 g/mol. The molecule has 2 heterocycles. The molecule has 92 valence electrons. The second kappa shape index (κ2) is 5.22. The zero-order valence-corrected chi connectivity index (χ0v) is 11.0. The number of hydrogen-bond donors (Lipinski definition) is 0. The highest BCUT2D eigenvalue weighted by atomic mass is 32.1. The van der Waals surface area contributed by atoms with E-state index < -0.39 is 0 Å². The summed E-state index contributed by atoms with van der Waals surface area (Å²) in [6, 6.07) is 0. The summed E-state index contributed by atoms with van der Waals surface area (Å²) in [7, 11) is 1.95. The summed E-state index contributed by atoms with van der Waals surface area (Å²) in [5, 5.41) is 14.1. The molecule has 0 aliphatic rings. The van der Waals surface area contributed by atoms with E-state index in [-0.39, 0.29) is 0 Å². The molecule has 0 unspecified atom stereocenters. The van der Waals surface area contributed by atoms with Crippen molar-refractivity contribution in [3.8, 4) is 0 Å². The van der Waals surface area contributed by atoms with E-state index in [0.717, 1.165) is 23.0 Å². The van der Waals surface area contributed by atoms with Crippen LogP contribution in [0, 0.1) is 6.92 Å². The quantitative estimate of drug-likeness (QED) is 0.809. The summed E-state index contributed by atoms with van der Waals surface area (Å²) in [5.74, 6) is 1.24. The van der Waals surface area contributed by atoms with Gasteiger partial charge in [0.15, 0.2) is 5.82 Å². The van der Waals surface area contributed by atoms with Gasteiger partial charge in [0.2, 0.25) is 11.0 Å². The maximum atomic E-state index is 4.92. The fourth-order valence-corrected chi connectivity index (χ4v) is 2.30. The predicted molar refractivity (Wildman–Crippen MR) is 65.0 cm³/mol. The summed E-state index contributed by atoms with van der Waals surface area (Å²) < 4.78 is 4.92. The zero-order valence-electron chi connectivity index (χ0n) is 10.2. The van der Waals surface area contributed by atoms with Gasteiger partial charge in [0.1, 0.15) is 5.01 Å². The first-order valence-electron chi connectivity index (χ1n) is 5.51. The third-order valence-electron chi connectivity index (χ3n) is 2.19. The third-order valence-corrected chi connectivity index (χ3v) is 3.29. The van der Waals surface area contributed by atoms with Gasteiger partial charge in [-0.15, -0.1) is 10.2 Å². The van der Waals surface area contributed by atoms with Gasteiger partial charge in [0.25, 0.3) is 0 Å². The molecule has 2 aromatic rings. The Kier molecular flexibility index (Phi) is 3.68. The molecule has 0 aromatic carbocycles. The van der Waals surface area contributed by atoms with Crippen molar-refractivity contribution in [1.29, 1.82) is 0 Å². The van der Waals surface area contributed by atoms with E-state index in [1.165, 1.54) is 0 Å². The number of aryl methyl sites for hydroxylation is 2. The van der Waals surface area contributed by atoms with Gasteiger partial charge in [-0.1, -0.05) is 23.4 Å². The molecule has 0 aliphatic carbocycles. The Morgan fingerprint density at radius 3 is 2.82 bits per heavy atom. The highest BCUT2D eigenvalue weighted by Crippen LogP contribution is 2.21. The lowest BCUT2D eigenvalue weighted by Gasteiger charge is -2.11. The minimum absolute atomic E-state index is 0.581. The first kappa shape index (κ1) is 12.0. The van der Waals surface area contributed by atoms with Gasteiger partial charge in [0.05, 0.1) is 6.54 Å². The maximum absolute atomic E-state index is 4.92. The Balaban J connectivity index is 2.01. The fraction of sp³-hybridized carbons (Fsp3) is 0.600. The minimum atomic E-state index is 0.581. The van der Waals surface area contributed by atoms with Crippen molar-refractivity contribution >= 4 is 16.5 Å². The number of anilines is 1. The highest BCUT2D eigenvalue weighted by molar-refractivity contribution is 7.15. The van der Waals surface area contributed by atoms with Gasteiger partial charge in [-0.05, 0) is 6.42 Å². The van der Waals surface area contributed by atoms with Crippen LogP contribution in [0.1, 0.15) is 30.1 Å².